The predicted molar refractivity (Wildman–Crippen MR) is 158 cm³/mol. The lowest BCUT2D eigenvalue weighted by molar-refractivity contribution is -0.193. The van der Waals surface area contributed by atoms with Crippen LogP contribution in [0.25, 0.3) is 0 Å². The minimum atomic E-state index is -5.08. The highest BCUT2D eigenvalue weighted by Crippen LogP contribution is 2.30. The average molecular weight is 724 g/mol. The van der Waals surface area contributed by atoms with E-state index in [1.54, 1.807) is 29.2 Å². The number of likely N-dealkylation sites (tertiary alicyclic amines) is 1. The Bertz CT molecular complexity index is 1440. The molecule has 0 aliphatic carbocycles. The van der Waals surface area contributed by atoms with E-state index < -0.39 is 36.4 Å². The first-order valence-corrected chi connectivity index (χ1v) is 14.7. The highest BCUT2D eigenvalue weighted by atomic mass is 19.4. The number of piperazine rings is 1. The van der Waals surface area contributed by atoms with Gasteiger partial charge in [-0.2, -0.15) is 31.6 Å². The summed E-state index contributed by atoms with van der Waals surface area (Å²) in [5.74, 6) is -6.50. The molecule has 2 heterocycles. The van der Waals surface area contributed by atoms with Gasteiger partial charge in [-0.25, -0.2) is 18.4 Å². The van der Waals surface area contributed by atoms with E-state index in [2.05, 4.69) is 11.0 Å². The topological polar surface area (TPSA) is 168 Å². The van der Waals surface area contributed by atoms with Crippen molar-refractivity contribution < 1.29 is 64.5 Å². The molecule has 274 valence electrons. The molecular weight excluding hydrogens is 690 g/mol. The van der Waals surface area contributed by atoms with Crippen molar-refractivity contribution in [1.82, 2.24) is 14.7 Å². The first-order valence-electron chi connectivity index (χ1n) is 14.7. The number of carbonyl (C=O) groups is 4. The molecule has 2 amide bonds. The molecule has 3 atom stereocenters. The van der Waals surface area contributed by atoms with Gasteiger partial charge in [-0.05, 0) is 47.7 Å². The molecule has 0 aromatic heterocycles. The van der Waals surface area contributed by atoms with Crippen molar-refractivity contribution in [2.24, 2.45) is 11.7 Å². The monoisotopic (exact) mass is 723 g/mol. The van der Waals surface area contributed by atoms with Crippen molar-refractivity contribution >= 4 is 23.8 Å². The quantitative estimate of drug-likeness (QED) is 0.374. The molecule has 50 heavy (non-hydrogen) atoms. The van der Waals surface area contributed by atoms with Crippen molar-refractivity contribution in [3.8, 4) is 6.07 Å². The molecule has 2 aliphatic rings. The molecule has 0 saturated carbocycles. The van der Waals surface area contributed by atoms with Crippen LogP contribution in [0.3, 0.4) is 0 Å². The largest absolute Gasteiger partial charge is 0.490 e. The molecule has 11 nitrogen and oxygen atoms in total. The zero-order chi connectivity index (χ0) is 38.0. The first-order chi connectivity index (χ1) is 23.1. The van der Waals surface area contributed by atoms with Gasteiger partial charge in [0.05, 0.1) is 24.6 Å². The van der Waals surface area contributed by atoms with Gasteiger partial charge < -0.3 is 25.7 Å². The Morgan fingerprint density at radius 1 is 0.840 bits per heavy atom. The molecule has 2 aromatic rings. The van der Waals surface area contributed by atoms with E-state index in [1.807, 2.05) is 6.92 Å². The molecule has 0 radical (unpaired) electrons. The lowest BCUT2D eigenvalue weighted by atomic mass is 9.96. The van der Waals surface area contributed by atoms with Crippen LogP contribution in [0.5, 0.6) is 0 Å². The number of nitrogens with zero attached hydrogens (tertiary/aromatic N) is 4. The van der Waals surface area contributed by atoms with E-state index in [0.29, 0.717) is 39.1 Å². The number of carbonyl (C=O) groups excluding carboxylic acids is 2. The summed E-state index contributed by atoms with van der Waals surface area (Å²) in [5, 5.41) is 23.6. The summed E-state index contributed by atoms with van der Waals surface area (Å²) in [7, 11) is 0. The minimum absolute atomic E-state index is 0.110. The van der Waals surface area contributed by atoms with Crippen LogP contribution in [0.2, 0.25) is 0 Å². The average Bonchev–Trinajstić information content (AvgIpc) is 3.43. The van der Waals surface area contributed by atoms with Crippen LogP contribution in [0.15, 0.2) is 48.5 Å². The van der Waals surface area contributed by atoms with Crippen molar-refractivity contribution in [1.29, 1.82) is 5.26 Å². The zero-order valence-electron chi connectivity index (χ0n) is 26.3. The lowest BCUT2D eigenvalue weighted by Crippen LogP contribution is -2.52. The predicted octanol–water partition coefficient (Wildman–Crippen LogP) is 3.94. The fourth-order valence-electron chi connectivity index (χ4n) is 5.16. The normalized spacial score (nSPS) is 18.6. The molecule has 2 aliphatic heterocycles. The third kappa shape index (κ3) is 12.2. The van der Waals surface area contributed by atoms with Gasteiger partial charge in [0.2, 0.25) is 11.8 Å². The Kier molecular flexibility index (Phi) is 14.6. The maximum atomic E-state index is 13.5. The number of carboxylic acids is 2. The molecule has 2 saturated heterocycles. The molecule has 0 bridgehead atoms. The molecule has 4 rings (SSSR count). The number of benzene rings is 2. The molecule has 0 spiro atoms. The van der Waals surface area contributed by atoms with Gasteiger partial charge >= 0.3 is 24.3 Å². The Balaban J connectivity index is 0.000000521. The molecule has 0 unspecified atom stereocenters. The number of alkyl halides is 6. The van der Waals surface area contributed by atoms with E-state index in [-0.39, 0.29) is 41.8 Å². The van der Waals surface area contributed by atoms with Crippen LogP contribution in [0.4, 0.5) is 35.1 Å². The van der Waals surface area contributed by atoms with Gasteiger partial charge in [0, 0.05) is 32.7 Å². The minimum Gasteiger partial charge on any atom is -0.475 e. The van der Waals surface area contributed by atoms with Crippen LogP contribution in [-0.4, -0.2) is 106 Å². The first kappa shape index (κ1) is 41.3. The summed E-state index contributed by atoms with van der Waals surface area (Å²) in [6.07, 6.45) is -9.66. The second-order valence-electron chi connectivity index (χ2n) is 11.3. The maximum absolute atomic E-state index is 13.5. The summed E-state index contributed by atoms with van der Waals surface area (Å²) < 4.78 is 90.6. The second kappa shape index (κ2) is 17.7. The van der Waals surface area contributed by atoms with Crippen LogP contribution in [-0.2, 0) is 19.2 Å². The van der Waals surface area contributed by atoms with Gasteiger partial charge in [-0.15, -0.1) is 0 Å². The summed E-state index contributed by atoms with van der Waals surface area (Å²) >= 11 is 0. The number of hydrogen-bond donors (Lipinski definition) is 3. The van der Waals surface area contributed by atoms with E-state index in [9.17, 15) is 50.0 Å². The lowest BCUT2D eigenvalue weighted by Gasteiger charge is -2.40. The maximum Gasteiger partial charge on any atom is 0.490 e. The fraction of sp³-hybridized carbons (Fsp3) is 0.452. The van der Waals surface area contributed by atoms with E-state index in [4.69, 9.17) is 25.5 Å². The number of hydrogen-bond acceptors (Lipinski definition) is 7. The van der Waals surface area contributed by atoms with Crippen LogP contribution < -0.4 is 5.73 Å². The second-order valence-corrected chi connectivity index (χ2v) is 11.3. The van der Waals surface area contributed by atoms with Crippen molar-refractivity contribution in [2.45, 2.75) is 50.2 Å². The Hall–Kier alpha value is -4.83. The summed E-state index contributed by atoms with van der Waals surface area (Å²) in [6, 6.07) is 13.0. The summed E-state index contributed by atoms with van der Waals surface area (Å²) in [6.45, 7) is 4.45. The van der Waals surface area contributed by atoms with E-state index >= 15 is 0 Å². The van der Waals surface area contributed by atoms with Crippen LogP contribution >= 0.6 is 0 Å². The summed E-state index contributed by atoms with van der Waals surface area (Å²) in [5.41, 5.74) is 7.85. The fourth-order valence-corrected chi connectivity index (χ4v) is 5.16. The van der Waals surface area contributed by atoms with Crippen molar-refractivity contribution in [3.63, 3.8) is 0 Å². The molecule has 19 heteroatoms. The van der Waals surface area contributed by atoms with Crippen LogP contribution in [0.1, 0.15) is 36.9 Å². The smallest absolute Gasteiger partial charge is 0.475 e. The Morgan fingerprint density at radius 3 is 1.60 bits per heavy atom. The number of rotatable bonds is 6. The van der Waals surface area contributed by atoms with E-state index in [1.165, 1.54) is 29.2 Å². The third-order valence-corrected chi connectivity index (χ3v) is 7.54. The molecule has 4 N–H and O–H groups in total. The zero-order valence-corrected chi connectivity index (χ0v) is 26.3. The molecule has 2 aromatic carbocycles. The number of amides is 2. The highest BCUT2D eigenvalue weighted by Gasteiger charge is 2.39. The van der Waals surface area contributed by atoms with Gasteiger partial charge in [0.15, 0.2) is 0 Å². The number of nitriles is 1. The van der Waals surface area contributed by atoms with Crippen LogP contribution in [0, 0.1) is 28.9 Å². The highest BCUT2D eigenvalue weighted by molar-refractivity contribution is 5.88. The van der Waals surface area contributed by atoms with E-state index in [0.717, 1.165) is 11.1 Å². The SMILES string of the molecule is C[C@H]1C[C@@H](C#N)N(C(=O)[C@@H](N)CC(=O)N2CCN(C(c3ccc(F)cc3)c3ccc(F)cc3)CC2)C1.O=C(O)C(F)(F)F.O=C(O)C(F)(F)F. The van der Waals surface area contributed by atoms with Gasteiger partial charge in [0.1, 0.15) is 17.7 Å². The van der Waals surface area contributed by atoms with Gasteiger partial charge in [-0.3, -0.25) is 14.5 Å². The molecule has 2 fully saturated rings. The molecular formula is C31H33F8N5O6. The number of halogens is 8. The Morgan fingerprint density at radius 2 is 1.24 bits per heavy atom. The standard InChI is InChI=1S/C27H31F2N5O2.2C2HF3O2/c1-18-14-23(16-30)34(17-18)27(36)24(31)15-25(35)32-10-12-33(13-11-32)26(19-2-6-21(28)7-3-19)20-4-8-22(29)9-5-20;2*3-2(4,5)1(6)7/h2-9,18,23-24,26H,10-15,17,31H2,1H3;2*(H,6,7)/t18-,23-,24-;;/m0../s1. The Labute approximate surface area is 280 Å². The third-order valence-electron chi connectivity index (χ3n) is 7.54. The van der Waals surface area contributed by atoms with Crippen molar-refractivity contribution in [2.75, 3.05) is 32.7 Å². The van der Waals surface area contributed by atoms with Gasteiger partial charge in [0.25, 0.3) is 0 Å². The summed E-state index contributed by atoms with van der Waals surface area (Å²) in [4.78, 5) is 48.9. The van der Waals surface area contributed by atoms with Crippen molar-refractivity contribution in [3.05, 3.63) is 71.3 Å². The van der Waals surface area contributed by atoms with Gasteiger partial charge in [-0.1, -0.05) is 31.2 Å². The number of aliphatic carboxylic acids is 2. The number of carboxylic acid groups (broad SMARTS) is 2. The number of nitrogens with two attached hydrogens (primary N) is 1.